The molecule has 0 saturated carbocycles. The standard InChI is InChI=1S/C40H34N4O8S2/c1-47-29-19-23(20-30(48-2)33(29)51-5)17-27-37(45)43(35(41-27)25-13-9-7-10-14-25)39(53)40(54)44-36(26-15-11-8-12-16-26)42-28(38(44)46)18-24-21-31(49-3)34(52-6)32(22-24)50-4/h7-22H,1-6H3/b27-17-,28-18+. The number of thiocarbonyl (C=S) groups is 2. The van der Waals surface area contributed by atoms with Gasteiger partial charge in [0.2, 0.25) is 11.5 Å². The van der Waals surface area contributed by atoms with Crippen LogP contribution in [0.3, 0.4) is 0 Å². The number of aliphatic imine (C=N–C) groups is 2. The van der Waals surface area contributed by atoms with Crippen LogP contribution in [-0.4, -0.2) is 85.9 Å². The molecule has 0 saturated heterocycles. The molecule has 2 heterocycles. The zero-order valence-electron chi connectivity index (χ0n) is 30.1. The predicted molar refractivity (Wildman–Crippen MR) is 213 cm³/mol. The summed E-state index contributed by atoms with van der Waals surface area (Å²) in [5.74, 6) is 1.69. The highest BCUT2D eigenvalue weighted by molar-refractivity contribution is 7.89. The lowest BCUT2D eigenvalue weighted by atomic mass is 10.1. The van der Waals surface area contributed by atoms with Crippen LogP contribution in [-0.2, 0) is 9.59 Å². The lowest BCUT2D eigenvalue weighted by Crippen LogP contribution is -2.49. The van der Waals surface area contributed by atoms with Crippen LogP contribution < -0.4 is 28.4 Å². The predicted octanol–water partition coefficient (Wildman–Crippen LogP) is 6.35. The summed E-state index contributed by atoms with van der Waals surface area (Å²) in [4.78, 5) is 40.3. The maximum absolute atomic E-state index is 14.3. The Labute approximate surface area is 322 Å². The molecule has 0 spiro atoms. The molecule has 54 heavy (non-hydrogen) atoms. The number of amidine groups is 2. The summed E-state index contributed by atoms with van der Waals surface area (Å²) in [6.45, 7) is 0. The summed E-state index contributed by atoms with van der Waals surface area (Å²) < 4.78 is 33.0. The van der Waals surface area contributed by atoms with Crippen molar-refractivity contribution in [3.63, 3.8) is 0 Å². The number of carbonyl (C=O) groups excluding carboxylic acids is 2. The molecule has 4 aromatic rings. The quantitative estimate of drug-likeness (QED) is 0.134. The van der Waals surface area contributed by atoms with Crippen LogP contribution in [0, 0.1) is 0 Å². The molecule has 4 aromatic carbocycles. The summed E-state index contributed by atoms with van der Waals surface area (Å²) >= 11 is 11.9. The third-order valence-electron chi connectivity index (χ3n) is 8.35. The Morgan fingerprint density at radius 1 is 0.519 bits per heavy atom. The number of hydrogen-bond donors (Lipinski definition) is 0. The van der Waals surface area contributed by atoms with Gasteiger partial charge in [-0.25, -0.2) is 19.8 Å². The molecule has 274 valence electrons. The fourth-order valence-electron chi connectivity index (χ4n) is 5.85. The first-order valence-electron chi connectivity index (χ1n) is 16.3. The van der Waals surface area contributed by atoms with Gasteiger partial charge in [0.15, 0.2) is 33.0 Å². The van der Waals surface area contributed by atoms with Gasteiger partial charge in [-0.1, -0.05) is 85.1 Å². The Kier molecular flexibility index (Phi) is 11.1. The second-order valence-corrected chi connectivity index (χ2v) is 12.2. The van der Waals surface area contributed by atoms with E-state index in [4.69, 9.17) is 62.8 Å². The van der Waals surface area contributed by atoms with Gasteiger partial charge in [-0.3, -0.25) is 9.59 Å². The number of nitrogens with zero attached hydrogens (tertiary/aromatic N) is 4. The normalized spacial score (nSPS) is 15.3. The molecule has 0 atom stereocenters. The summed E-state index contributed by atoms with van der Waals surface area (Å²) in [5.41, 5.74) is 2.40. The van der Waals surface area contributed by atoms with Crippen molar-refractivity contribution in [1.82, 2.24) is 9.80 Å². The van der Waals surface area contributed by atoms with E-state index in [0.29, 0.717) is 56.8 Å². The van der Waals surface area contributed by atoms with E-state index in [-0.39, 0.29) is 33.0 Å². The molecule has 14 heteroatoms. The third-order valence-corrected chi connectivity index (χ3v) is 9.24. The van der Waals surface area contributed by atoms with Gasteiger partial charge in [-0.05, 0) is 47.5 Å². The van der Waals surface area contributed by atoms with Crippen LogP contribution in [0.2, 0.25) is 0 Å². The van der Waals surface area contributed by atoms with Crippen LogP contribution in [0.4, 0.5) is 0 Å². The highest BCUT2D eigenvalue weighted by atomic mass is 32.1. The summed E-state index contributed by atoms with van der Waals surface area (Å²) in [6, 6.07) is 24.9. The lowest BCUT2D eigenvalue weighted by molar-refractivity contribution is -0.121. The second-order valence-electron chi connectivity index (χ2n) is 11.5. The summed E-state index contributed by atoms with van der Waals surface area (Å²) in [7, 11) is 9.00. The first-order chi connectivity index (χ1) is 26.2. The van der Waals surface area contributed by atoms with Gasteiger partial charge in [0.05, 0.1) is 42.7 Å². The Bertz CT molecular complexity index is 2080. The topological polar surface area (TPSA) is 121 Å². The average Bonchev–Trinajstić information content (AvgIpc) is 3.71. The largest absolute Gasteiger partial charge is 0.493 e. The van der Waals surface area contributed by atoms with Crippen molar-refractivity contribution in [2.24, 2.45) is 9.98 Å². The van der Waals surface area contributed by atoms with Crippen LogP contribution in [0.25, 0.3) is 12.2 Å². The Morgan fingerprint density at radius 2 is 0.833 bits per heavy atom. The number of carbonyl (C=O) groups is 2. The van der Waals surface area contributed by atoms with E-state index in [1.54, 1.807) is 60.7 Å². The van der Waals surface area contributed by atoms with E-state index in [2.05, 4.69) is 0 Å². The van der Waals surface area contributed by atoms with Gasteiger partial charge in [0, 0.05) is 11.1 Å². The summed E-state index contributed by atoms with van der Waals surface area (Å²) in [6.07, 6.45) is 3.16. The van der Waals surface area contributed by atoms with Gasteiger partial charge in [0.1, 0.15) is 23.1 Å². The molecule has 12 nitrogen and oxygen atoms in total. The molecule has 2 amide bonds. The molecule has 6 rings (SSSR count). The van der Waals surface area contributed by atoms with Crippen LogP contribution in [0.15, 0.2) is 106 Å². The Hall–Kier alpha value is -6.38. The zero-order chi connectivity index (χ0) is 38.5. The molecule has 2 aliphatic rings. The molecule has 0 radical (unpaired) electrons. The highest BCUT2D eigenvalue weighted by Crippen LogP contribution is 2.40. The van der Waals surface area contributed by atoms with Crippen molar-refractivity contribution in [2.75, 3.05) is 42.7 Å². The minimum atomic E-state index is -0.562. The summed E-state index contributed by atoms with van der Waals surface area (Å²) in [5, 5.41) is 0. The Morgan fingerprint density at radius 3 is 1.11 bits per heavy atom. The first-order valence-corrected chi connectivity index (χ1v) is 17.1. The number of ether oxygens (including phenoxy) is 6. The van der Waals surface area contributed by atoms with E-state index in [0.717, 1.165) is 0 Å². The second kappa shape index (κ2) is 16.1. The molecule has 2 aliphatic heterocycles. The van der Waals surface area contributed by atoms with Crippen molar-refractivity contribution in [3.05, 3.63) is 119 Å². The zero-order valence-corrected chi connectivity index (χ0v) is 31.7. The van der Waals surface area contributed by atoms with Crippen LogP contribution in [0.1, 0.15) is 22.3 Å². The number of hydrogen-bond acceptors (Lipinski definition) is 12. The monoisotopic (exact) mass is 762 g/mol. The maximum Gasteiger partial charge on any atom is 0.283 e. The number of methoxy groups -OCH3 is 6. The molecular weight excluding hydrogens is 729 g/mol. The van der Waals surface area contributed by atoms with E-state index < -0.39 is 11.8 Å². The van der Waals surface area contributed by atoms with E-state index >= 15 is 0 Å². The third kappa shape index (κ3) is 7.04. The van der Waals surface area contributed by atoms with Crippen molar-refractivity contribution < 1.29 is 38.0 Å². The molecular formula is C40H34N4O8S2. The fourth-order valence-corrected chi connectivity index (χ4v) is 6.37. The smallest absolute Gasteiger partial charge is 0.283 e. The van der Waals surface area contributed by atoms with Crippen molar-refractivity contribution >= 4 is 70.1 Å². The molecule has 0 fully saturated rings. The number of amides is 2. The molecule has 0 aromatic heterocycles. The average molecular weight is 763 g/mol. The first kappa shape index (κ1) is 37.4. The van der Waals surface area contributed by atoms with E-state index in [9.17, 15) is 9.59 Å². The SMILES string of the molecule is COc1cc(/C=C2\N=C(c3ccccc3)N(C(=S)C(=S)N3C(=O)/C(=C\c4cc(OC)c(OC)c(OC)c4)N=C3c3ccccc3)C2=O)cc(OC)c1OC. The molecule has 0 aliphatic carbocycles. The number of rotatable bonds is 10. The van der Waals surface area contributed by atoms with Gasteiger partial charge in [0.25, 0.3) is 11.8 Å². The van der Waals surface area contributed by atoms with Crippen molar-refractivity contribution in [2.45, 2.75) is 0 Å². The lowest BCUT2D eigenvalue weighted by Gasteiger charge is -2.25. The minimum Gasteiger partial charge on any atom is -0.493 e. The van der Waals surface area contributed by atoms with Gasteiger partial charge < -0.3 is 28.4 Å². The Balaban J connectivity index is 1.42. The van der Waals surface area contributed by atoms with Crippen LogP contribution >= 0.6 is 24.4 Å². The fraction of sp³-hybridized carbons (Fsp3) is 0.150. The van der Waals surface area contributed by atoms with Gasteiger partial charge in [-0.2, -0.15) is 0 Å². The van der Waals surface area contributed by atoms with E-state index in [1.807, 2.05) is 36.4 Å². The van der Waals surface area contributed by atoms with Gasteiger partial charge >= 0.3 is 0 Å². The molecule has 0 bridgehead atoms. The highest BCUT2D eigenvalue weighted by Gasteiger charge is 2.41. The number of benzene rings is 4. The maximum atomic E-state index is 14.3. The molecule has 0 unspecified atom stereocenters. The van der Waals surface area contributed by atoms with Crippen molar-refractivity contribution in [1.29, 1.82) is 0 Å². The molecule has 0 N–H and O–H groups in total. The van der Waals surface area contributed by atoms with E-state index in [1.165, 1.54) is 52.5 Å². The van der Waals surface area contributed by atoms with Gasteiger partial charge in [-0.15, -0.1) is 0 Å². The van der Waals surface area contributed by atoms with Crippen molar-refractivity contribution in [3.8, 4) is 34.5 Å². The minimum absolute atomic E-state index is 0.0564. The van der Waals surface area contributed by atoms with Crippen LogP contribution in [0.5, 0.6) is 34.5 Å².